The van der Waals surface area contributed by atoms with Gasteiger partial charge in [0.05, 0.1) is 6.54 Å². The fourth-order valence-electron chi connectivity index (χ4n) is 3.49. The molecule has 0 atom stereocenters. The maximum atomic E-state index is 12.2. The molecule has 5 heteroatoms. The summed E-state index contributed by atoms with van der Waals surface area (Å²) >= 11 is 0. The molecule has 0 aliphatic carbocycles. The molecule has 3 rings (SSSR count). The second-order valence-electron chi connectivity index (χ2n) is 6.77. The number of benzene rings is 1. The third-order valence-corrected chi connectivity index (χ3v) is 4.88. The van der Waals surface area contributed by atoms with Crippen LogP contribution >= 0.6 is 0 Å². The van der Waals surface area contributed by atoms with E-state index in [1.807, 2.05) is 12.1 Å². The predicted octanol–water partition coefficient (Wildman–Crippen LogP) is 3.02. The molecule has 130 valence electrons. The van der Waals surface area contributed by atoms with Crippen LogP contribution in [0, 0.1) is 0 Å². The van der Waals surface area contributed by atoms with Crippen LogP contribution in [0.5, 0.6) is 0 Å². The zero-order chi connectivity index (χ0) is 16.8. The normalized spacial score (nSPS) is 19.1. The standard InChI is InChI=1S/C19H27N3O2/c23-18(15-22-14-4-1-3-7-19(22)24)20-16-8-10-17(11-9-16)21-12-5-2-6-13-21/h8-11H,1-7,12-15H2,(H,20,23). The van der Waals surface area contributed by atoms with Crippen LogP contribution in [-0.2, 0) is 9.59 Å². The van der Waals surface area contributed by atoms with Crippen molar-refractivity contribution in [2.45, 2.75) is 44.9 Å². The Bertz CT molecular complexity index is 564. The summed E-state index contributed by atoms with van der Waals surface area (Å²) in [6, 6.07) is 8.04. The van der Waals surface area contributed by atoms with Crippen molar-refractivity contribution in [2.75, 3.05) is 36.4 Å². The number of rotatable bonds is 4. The number of carbonyl (C=O) groups is 2. The van der Waals surface area contributed by atoms with Crippen LogP contribution in [0.1, 0.15) is 44.9 Å². The molecule has 0 aromatic heterocycles. The summed E-state index contributed by atoms with van der Waals surface area (Å²) in [6.45, 7) is 3.08. The first-order valence-electron chi connectivity index (χ1n) is 9.15. The van der Waals surface area contributed by atoms with Crippen LogP contribution in [0.25, 0.3) is 0 Å². The molecular formula is C19H27N3O2. The minimum atomic E-state index is -0.115. The first kappa shape index (κ1) is 16.8. The lowest BCUT2D eigenvalue weighted by Crippen LogP contribution is -2.37. The van der Waals surface area contributed by atoms with E-state index in [9.17, 15) is 9.59 Å². The molecule has 0 bridgehead atoms. The number of nitrogens with zero attached hydrogens (tertiary/aromatic N) is 2. The maximum absolute atomic E-state index is 12.2. The molecule has 2 heterocycles. The minimum absolute atomic E-state index is 0.100. The Labute approximate surface area is 144 Å². The Hall–Kier alpha value is -2.04. The molecule has 0 radical (unpaired) electrons. The van der Waals surface area contributed by atoms with Crippen molar-refractivity contribution < 1.29 is 9.59 Å². The highest BCUT2D eigenvalue weighted by atomic mass is 16.2. The molecular weight excluding hydrogens is 302 g/mol. The molecule has 1 aromatic carbocycles. The molecule has 0 saturated carbocycles. The molecule has 0 unspecified atom stereocenters. The zero-order valence-electron chi connectivity index (χ0n) is 14.3. The highest BCUT2D eigenvalue weighted by molar-refractivity contribution is 5.94. The van der Waals surface area contributed by atoms with Gasteiger partial charge in [-0.1, -0.05) is 6.42 Å². The lowest BCUT2D eigenvalue weighted by Gasteiger charge is -2.28. The third-order valence-electron chi connectivity index (χ3n) is 4.88. The van der Waals surface area contributed by atoms with Crippen molar-refractivity contribution in [2.24, 2.45) is 0 Å². The third kappa shape index (κ3) is 4.49. The van der Waals surface area contributed by atoms with E-state index in [0.717, 1.165) is 38.0 Å². The number of likely N-dealkylation sites (tertiary alicyclic amines) is 1. The quantitative estimate of drug-likeness (QED) is 0.924. The van der Waals surface area contributed by atoms with E-state index in [-0.39, 0.29) is 18.4 Å². The Morgan fingerprint density at radius 3 is 2.33 bits per heavy atom. The predicted molar refractivity (Wildman–Crippen MR) is 96.2 cm³/mol. The second-order valence-corrected chi connectivity index (χ2v) is 6.77. The summed E-state index contributed by atoms with van der Waals surface area (Å²) < 4.78 is 0. The van der Waals surface area contributed by atoms with E-state index in [0.29, 0.717) is 13.0 Å². The van der Waals surface area contributed by atoms with Crippen LogP contribution in [0.15, 0.2) is 24.3 Å². The largest absolute Gasteiger partial charge is 0.372 e. The van der Waals surface area contributed by atoms with Gasteiger partial charge in [-0.15, -0.1) is 0 Å². The molecule has 2 aliphatic rings. The molecule has 0 spiro atoms. The van der Waals surface area contributed by atoms with Gasteiger partial charge in [0.2, 0.25) is 11.8 Å². The molecule has 2 saturated heterocycles. The van der Waals surface area contributed by atoms with Crippen LogP contribution in [0.2, 0.25) is 0 Å². The first-order valence-corrected chi connectivity index (χ1v) is 9.15. The summed E-state index contributed by atoms with van der Waals surface area (Å²) in [5, 5.41) is 2.91. The minimum Gasteiger partial charge on any atom is -0.372 e. The first-order chi connectivity index (χ1) is 11.7. The molecule has 24 heavy (non-hydrogen) atoms. The van der Waals surface area contributed by atoms with Crippen molar-refractivity contribution in [1.29, 1.82) is 0 Å². The lowest BCUT2D eigenvalue weighted by atomic mass is 10.1. The SMILES string of the molecule is O=C(CN1CCCCCC1=O)Nc1ccc(N2CCCCC2)cc1. The van der Waals surface area contributed by atoms with Crippen LogP contribution in [0.4, 0.5) is 11.4 Å². The fourth-order valence-corrected chi connectivity index (χ4v) is 3.49. The van der Waals surface area contributed by atoms with Crippen molar-refractivity contribution in [3.8, 4) is 0 Å². The van der Waals surface area contributed by atoms with E-state index >= 15 is 0 Å². The monoisotopic (exact) mass is 329 g/mol. The van der Waals surface area contributed by atoms with Gasteiger partial charge in [0, 0.05) is 37.4 Å². The van der Waals surface area contributed by atoms with Crippen molar-refractivity contribution in [3.05, 3.63) is 24.3 Å². The van der Waals surface area contributed by atoms with Crippen molar-refractivity contribution in [1.82, 2.24) is 4.90 Å². The van der Waals surface area contributed by atoms with Crippen LogP contribution < -0.4 is 10.2 Å². The molecule has 2 fully saturated rings. The summed E-state index contributed by atoms with van der Waals surface area (Å²) in [4.78, 5) is 28.3. The Morgan fingerprint density at radius 2 is 1.58 bits per heavy atom. The smallest absolute Gasteiger partial charge is 0.243 e. The van der Waals surface area contributed by atoms with Crippen LogP contribution in [-0.4, -0.2) is 42.9 Å². The van der Waals surface area contributed by atoms with Gasteiger partial charge in [0.25, 0.3) is 0 Å². The van der Waals surface area contributed by atoms with Crippen LogP contribution in [0.3, 0.4) is 0 Å². The summed E-state index contributed by atoms with van der Waals surface area (Å²) in [5.41, 5.74) is 2.01. The lowest BCUT2D eigenvalue weighted by molar-refractivity contribution is -0.134. The van der Waals surface area contributed by atoms with Gasteiger partial charge in [0.1, 0.15) is 0 Å². The van der Waals surface area contributed by atoms with Gasteiger partial charge < -0.3 is 15.1 Å². The highest BCUT2D eigenvalue weighted by Gasteiger charge is 2.19. The fraction of sp³-hybridized carbons (Fsp3) is 0.579. The number of nitrogens with one attached hydrogen (secondary N) is 1. The number of amides is 2. The Kier molecular flexibility index (Phi) is 5.72. The van der Waals surface area contributed by atoms with Gasteiger partial charge in [-0.3, -0.25) is 9.59 Å². The highest BCUT2D eigenvalue weighted by Crippen LogP contribution is 2.21. The molecule has 1 aromatic rings. The van der Waals surface area contributed by atoms with Crippen molar-refractivity contribution >= 4 is 23.2 Å². The topological polar surface area (TPSA) is 52.7 Å². The zero-order valence-corrected chi connectivity index (χ0v) is 14.3. The van der Waals surface area contributed by atoms with Crippen molar-refractivity contribution in [3.63, 3.8) is 0 Å². The van der Waals surface area contributed by atoms with Gasteiger partial charge in [-0.2, -0.15) is 0 Å². The Balaban J connectivity index is 1.53. The average molecular weight is 329 g/mol. The van der Waals surface area contributed by atoms with Gasteiger partial charge in [0.15, 0.2) is 0 Å². The molecule has 2 amide bonds. The summed E-state index contributed by atoms with van der Waals surface area (Å²) in [6.07, 6.45) is 7.39. The molecule has 5 nitrogen and oxygen atoms in total. The molecule has 1 N–H and O–H groups in total. The number of anilines is 2. The van der Waals surface area contributed by atoms with E-state index in [4.69, 9.17) is 0 Å². The van der Waals surface area contributed by atoms with E-state index < -0.39 is 0 Å². The number of hydrogen-bond acceptors (Lipinski definition) is 3. The number of hydrogen-bond donors (Lipinski definition) is 1. The van der Waals surface area contributed by atoms with E-state index in [1.54, 1.807) is 4.90 Å². The average Bonchev–Trinajstić information content (AvgIpc) is 2.81. The summed E-state index contributed by atoms with van der Waals surface area (Å²) in [7, 11) is 0. The Morgan fingerprint density at radius 1 is 0.917 bits per heavy atom. The van der Waals surface area contributed by atoms with E-state index in [1.165, 1.54) is 24.9 Å². The van der Waals surface area contributed by atoms with E-state index in [2.05, 4.69) is 22.3 Å². The number of piperidine rings is 1. The number of carbonyl (C=O) groups excluding carboxylic acids is 2. The van der Waals surface area contributed by atoms with Gasteiger partial charge >= 0.3 is 0 Å². The second kappa shape index (κ2) is 8.18. The summed E-state index contributed by atoms with van der Waals surface area (Å²) in [5.74, 6) is -0.0148. The molecule has 2 aliphatic heterocycles. The van der Waals surface area contributed by atoms with Gasteiger partial charge in [-0.25, -0.2) is 0 Å². The maximum Gasteiger partial charge on any atom is 0.243 e. The van der Waals surface area contributed by atoms with Gasteiger partial charge in [-0.05, 0) is 56.4 Å².